The van der Waals surface area contributed by atoms with Gasteiger partial charge in [0.05, 0.1) is 34.1 Å². The molecule has 0 atom stereocenters. The lowest BCUT2D eigenvalue weighted by atomic mass is 10.2. The van der Waals surface area contributed by atoms with Gasteiger partial charge >= 0.3 is 16.4 Å². The molecule has 1 heterocycles. The lowest BCUT2D eigenvalue weighted by molar-refractivity contribution is -0.432. The quantitative estimate of drug-likeness (QED) is 0.0107. The molecule has 0 aliphatic carbocycles. The third kappa shape index (κ3) is 14.6. The summed E-state index contributed by atoms with van der Waals surface area (Å²) in [7, 11) is -15.2. The van der Waals surface area contributed by atoms with Crippen LogP contribution in [-0.2, 0) is 54.0 Å². The summed E-state index contributed by atoms with van der Waals surface area (Å²) in [5.41, 5.74) is 9.31. The number of hydrogen-bond donors (Lipinski definition) is 8. The Bertz CT molecular complexity index is 2700. The van der Waals surface area contributed by atoms with E-state index < -0.39 is 74.8 Å². The van der Waals surface area contributed by atoms with Crippen molar-refractivity contribution in [2.45, 2.75) is 24.7 Å². The van der Waals surface area contributed by atoms with Crippen molar-refractivity contribution in [2.75, 3.05) is 22.5 Å². The van der Waals surface area contributed by atoms with Crippen molar-refractivity contribution in [3.63, 3.8) is 0 Å². The van der Waals surface area contributed by atoms with E-state index in [4.69, 9.17) is 38.0 Å². The first-order chi connectivity index (χ1) is 27.1. The number of carboxylic acid groups (broad SMARTS) is 1. The number of carbonyl (C=O) groups is 1. The lowest BCUT2D eigenvalue weighted by Crippen LogP contribution is -2.05. The molecule has 316 valence electrons. The average Bonchev–Trinajstić information content (AvgIpc) is 3.11. The van der Waals surface area contributed by atoms with Crippen molar-refractivity contribution in [2.24, 2.45) is 20.5 Å². The van der Waals surface area contributed by atoms with Gasteiger partial charge < -0.3 is 27.4 Å². The SMILES string of the molecule is Nc1c(N=Nc2ccc(SC#COOS(=O)(=O)O)cc2S(=O)(=O)O)cc(S(=O)(=O)O)c(N)c1N=Nc1cc(Nc2nc(Cl)nc(SCC(=O)O)n2)ccc1SOOO.O. The summed E-state index contributed by atoms with van der Waals surface area (Å²) in [6.07, 6.45) is 1.73. The maximum absolute atomic E-state index is 12.3. The van der Waals surface area contributed by atoms with Gasteiger partial charge in [0.15, 0.2) is 11.3 Å². The standard InChI is InChI=1S/C25H19ClN10O16S6.H2O/c26-23-30-24(32-25(31-23)54-10-19(37)38)29-11-1-4-16(55-51-50-39)14(7-11)34-36-22-20(27)15(9-18(21(22)28)57(43,44)45)35-33-13-3-2-12(8-17(13)56(40,41)42)53-6-5-49-52-58(46,47)48;/h1-4,7-9,39H,10,27-28H2,(H,37,38)(H,40,41,42)(H,43,44,45)(H,46,47,48)(H,29,30,31,32);1H2. The molecule has 0 fully saturated rings. The topological polar surface area (TPSA) is 441 Å². The first kappa shape index (κ1) is 48.3. The predicted molar refractivity (Wildman–Crippen MR) is 204 cm³/mol. The van der Waals surface area contributed by atoms with Crippen LogP contribution in [0.3, 0.4) is 0 Å². The van der Waals surface area contributed by atoms with Crippen LogP contribution in [0.15, 0.2) is 87.7 Å². The number of anilines is 4. The molecule has 0 unspecified atom stereocenters. The number of rotatable bonds is 17. The number of nitrogens with two attached hydrogens (primary N) is 2. The van der Waals surface area contributed by atoms with E-state index in [1.54, 1.807) is 6.11 Å². The number of nitrogens with zero attached hydrogens (tertiary/aromatic N) is 7. The van der Waals surface area contributed by atoms with Crippen LogP contribution in [0, 0.1) is 11.4 Å². The molecule has 59 heavy (non-hydrogen) atoms. The van der Waals surface area contributed by atoms with Crippen LogP contribution in [0.25, 0.3) is 0 Å². The summed E-state index contributed by atoms with van der Waals surface area (Å²) in [5.74, 6) is -1.66. The van der Waals surface area contributed by atoms with E-state index in [2.05, 4.69) is 64.6 Å². The Kier molecular flexibility index (Phi) is 17.0. The van der Waals surface area contributed by atoms with Gasteiger partial charge in [-0.1, -0.05) is 16.8 Å². The number of thioether (sulfide) groups is 2. The molecule has 12 N–H and O–H groups in total. The van der Waals surface area contributed by atoms with Gasteiger partial charge in [0, 0.05) is 15.8 Å². The van der Waals surface area contributed by atoms with Crippen LogP contribution >= 0.6 is 47.2 Å². The fourth-order valence-electron chi connectivity index (χ4n) is 3.79. The van der Waals surface area contributed by atoms with E-state index in [9.17, 15) is 39.2 Å². The fourth-order valence-corrected chi connectivity index (χ4v) is 6.95. The zero-order valence-corrected chi connectivity index (χ0v) is 33.7. The van der Waals surface area contributed by atoms with Gasteiger partial charge in [0.1, 0.15) is 32.5 Å². The number of nitrogen functional groups attached to an aromatic ring is 2. The Morgan fingerprint density at radius 2 is 1.54 bits per heavy atom. The summed E-state index contributed by atoms with van der Waals surface area (Å²) in [5, 5.41) is 41.4. The number of nitrogens with one attached hydrogen (secondary N) is 1. The largest absolute Gasteiger partial charge is 0.481 e. The number of carboxylic acids is 1. The van der Waals surface area contributed by atoms with E-state index in [1.165, 1.54) is 24.3 Å². The molecule has 27 nitrogen and oxygen atoms in total. The molecule has 34 heteroatoms. The van der Waals surface area contributed by atoms with Gasteiger partial charge in [-0.15, -0.1) is 24.8 Å². The van der Waals surface area contributed by atoms with Crippen LogP contribution in [0.1, 0.15) is 0 Å². The van der Waals surface area contributed by atoms with E-state index >= 15 is 0 Å². The summed E-state index contributed by atoms with van der Waals surface area (Å²) in [6.45, 7) is 0. The van der Waals surface area contributed by atoms with Gasteiger partial charge in [-0.2, -0.15) is 40.2 Å². The Morgan fingerprint density at radius 1 is 0.864 bits per heavy atom. The smallest absolute Gasteiger partial charge is 0.433 e. The molecule has 0 saturated carbocycles. The monoisotopic (exact) mass is 960 g/mol. The molecular weight excluding hydrogens is 940 g/mol. The van der Waals surface area contributed by atoms with Crippen molar-refractivity contribution in [1.29, 1.82) is 0 Å². The van der Waals surface area contributed by atoms with Crippen LogP contribution in [-0.4, -0.2) is 81.4 Å². The van der Waals surface area contributed by atoms with E-state index in [0.29, 0.717) is 29.9 Å². The number of halogens is 1. The minimum Gasteiger partial charge on any atom is -0.481 e. The normalized spacial score (nSPS) is 11.9. The molecule has 0 spiro atoms. The highest BCUT2D eigenvalue weighted by Crippen LogP contribution is 2.44. The molecule has 0 bridgehead atoms. The second-order valence-corrected chi connectivity index (χ2v) is 16.5. The molecule has 0 saturated heterocycles. The maximum Gasteiger partial charge on any atom is 0.433 e. The number of aliphatic carboxylic acids is 1. The predicted octanol–water partition coefficient (Wildman–Crippen LogP) is 4.30. The highest BCUT2D eigenvalue weighted by atomic mass is 35.5. The maximum atomic E-state index is 12.3. The Hall–Kier alpha value is -5.03. The molecule has 0 aliphatic heterocycles. The second kappa shape index (κ2) is 20.8. The van der Waals surface area contributed by atoms with Gasteiger partial charge in [-0.05, 0) is 70.2 Å². The summed E-state index contributed by atoms with van der Waals surface area (Å²) >= 11 is 7.67. The van der Waals surface area contributed by atoms with Gasteiger partial charge in [-0.25, -0.2) is 5.26 Å². The van der Waals surface area contributed by atoms with E-state index in [1.807, 2.05) is 0 Å². The first-order valence-corrected chi connectivity index (χ1v) is 21.3. The van der Waals surface area contributed by atoms with Crippen molar-refractivity contribution < 1.29 is 78.1 Å². The van der Waals surface area contributed by atoms with Crippen molar-refractivity contribution in [3.8, 4) is 11.4 Å². The van der Waals surface area contributed by atoms with Crippen molar-refractivity contribution in [3.05, 3.63) is 47.7 Å². The minimum absolute atomic E-state index is 0. The van der Waals surface area contributed by atoms with Gasteiger partial charge in [-0.3, -0.25) is 23.3 Å². The highest BCUT2D eigenvalue weighted by Gasteiger charge is 2.23. The highest BCUT2D eigenvalue weighted by molar-refractivity contribution is 8.04. The third-order valence-corrected chi connectivity index (χ3v) is 10.3. The fraction of sp³-hybridized carbons (Fsp3) is 0.0400. The Balaban J connectivity index is 0.00000930. The molecule has 4 aromatic rings. The molecule has 0 amide bonds. The molecule has 0 aliphatic rings. The first-order valence-electron chi connectivity index (χ1n) is 14.1. The zero-order valence-electron chi connectivity index (χ0n) is 28.1. The summed E-state index contributed by atoms with van der Waals surface area (Å²) < 4.78 is 106. The number of hydrogen-bond acceptors (Lipinski definition) is 25. The van der Waals surface area contributed by atoms with E-state index in [0.717, 1.165) is 23.9 Å². The zero-order chi connectivity index (χ0) is 42.8. The molecule has 0 radical (unpaired) electrons. The average molecular weight is 961 g/mol. The van der Waals surface area contributed by atoms with Gasteiger partial charge in [0.25, 0.3) is 20.2 Å². The summed E-state index contributed by atoms with van der Waals surface area (Å²) in [6, 6.07) is 7.84. The molecule has 3 aromatic carbocycles. The Morgan fingerprint density at radius 3 is 2.19 bits per heavy atom. The van der Waals surface area contributed by atoms with Crippen molar-refractivity contribution >= 4 is 130 Å². The van der Waals surface area contributed by atoms with Crippen LogP contribution < -0.4 is 16.8 Å². The number of azo groups is 2. The number of benzene rings is 3. The number of aromatic nitrogens is 3. The molecule has 4 rings (SSSR count). The van der Waals surface area contributed by atoms with E-state index in [-0.39, 0.29) is 48.8 Å². The van der Waals surface area contributed by atoms with Crippen LogP contribution in [0.5, 0.6) is 0 Å². The summed E-state index contributed by atoms with van der Waals surface area (Å²) in [4.78, 5) is 25.0. The third-order valence-electron chi connectivity index (χ3n) is 5.98. The minimum atomic E-state index is -5.14. The molecule has 1 aromatic heterocycles. The van der Waals surface area contributed by atoms with Crippen molar-refractivity contribution in [1.82, 2.24) is 15.0 Å². The molecular formula is C25H21ClN10O17S6. The van der Waals surface area contributed by atoms with Crippen LogP contribution in [0.4, 0.5) is 45.8 Å². The Labute approximate surface area is 347 Å². The van der Waals surface area contributed by atoms with Gasteiger partial charge in [0.2, 0.25) is 11.2 Å². The second-order valence-electron chi connectivity index (χ2n) is 9.86. The van der Waals surface area contributed by atoms with Crippen LogP contribution in [0.2, 0.25) is 5.28 Å². The lowest BCUT2D eigenvalue weighted by Gasteiger charge is -2.11.